The van der Waals surface area contributed by atoms with Crippen LogP contribution in [0, 0.1) is 0 Å². The Balaban J connectivity index is 1.81. The van der Waals surface area contributed by atoms with Crippen LogP contribution in [0.4, 0.5) is 0 Å². The van der Waals surface area contributed by atoms with E-state index in [0.29, 0.717) is 5.76 Å². The summed E-state index contributed by atoms with van der Waals surface area (Å²) in [6, 6.07) is 15.2. The van der Waals surface area contributed by atoms with E-state index in [9.17, 15) is 4.79 Å². The van der Waals surface area contributed by atoms with Gasteiger partial charge in [-0.2, -0.15) is 0 Å². The number of ether oxygens (including phenoxy) is 1. The van der Waals surface area contributed by atoms with Crippen LogP contribution in [0.25, 0.3) is 6.08 Å². The Morgan fingerprint density at radius 1 is 1.05 bits per heavy atom. The van der Waals surface area contributed by atoms with E-state index in [2.05, 4.69) is 4.98 Å². The van der Waals surface area contributed by atoms with E-state index < -0.39 is 5.60 Å². The molecule has 2 aromatic rings. The molecule has 1 aromatic carbocycles. The molecular weight excluding hydrogens is 262 g/mol. The number of pyridine rings is 1. The molecule has 1 aliphatic heterocycles. The first kappa shape index (κ1) is 13.3. The van der Waals surface area contributed by atoms with Gasteiger partial charge in [0.2, 0.25) is 5.78 Å². The van der Waals surface area contributed by atoms with E-state index >= 15 is 0 Å². The van der Waals surface area contributed by atoms with Gasteiger partial charge < -0.3 is 4.74 Å². The maximum Gasteiger partial charge on any atom is 0.207 e. The molecule has 0 fully saturated rings. The SMILES string of the molecule is CC1(c2ccccc2)OC(C=Cc2ccccn2)=CC1=O. The minimum Gasteiger partial charge on any atom is -0.475 e. The number of hydrogen-bond acceptors (Lipinski definition) is 3. The molecule has 0 aliphatic carbocycles. The summed E-state index contributed by atoms with van der Waals surface area (Å²) in [7, 11) is 0. The number of carbonyl (C=O) groups excluding carboxylic acids is 1. The number of benzene rings is 1. The molecule has 0 amide bonds. The minimum atomic E-state index is -0.939. The van der Waals surface area contributed by atoms with Crippen LogP contribution in [0.15, 0.2) is 72.6 Å². The molecule has 0 radical (unpaired) electrons. The zero-order valence-corrected chi connectivity index (χ0v) is 11.7. The van der Waals surface area contributed by atoms with Crippen LogP contribution in [0.3, 0.4) is 0 Å². The van der Waals surface area contributed by atoms with Crippen LogP contribution < -0.4 is 0 Å². The predicted octanol–water partition coefficient (Wildman–Crippen LogP) is 3.49. The lowest BCUT2D eigenvalue weighted by Crippen LogP contribution is -2.29. The second kappa shape index (κ2) is 5.37. The first-order valence-corrected chi connectivity index (χ1v) is 6.78. The van der Waals surface area contributed by atoms with Gasteiger partial charge in [-0.05, 0) is 31.2 Å². The maximum absolute atomic E-state index is 12.3. The maximum atomic E-state index is 12.3. The van der Waals surface area contributed by atoms with E-state index in [1.807, 2.05) is 54.6 Å². The number of ketones is 1. The molecule has 0 spiro atoms. The van der Waals surface area contributed by atoms with Crippen LogP contribution in [0.1, 0.15) is 18.2 Å². The Bertz CT molecular complexity index is 705. The highest BCUT2D eigenvalue weighted by atomic mass is 16.5. The van der Waals surface area contributed by atoms with Crippen molar-refractivity contribution in [1.29, 1.82) is 0 Å². The molecule has 2 heterocycles. The first-order chi connectivity index (χ1) is 10.2. The molecule has 0 bridgehead atoms. The Hall–Kier alpha value is -2.68. The van der Waals surface area contributed by atoms with Crippen LogP contribution in [-0.2, 0) is 15.1 Å². The summed E-state index contributed by atoms with van der Waals surface area (Å²) in [4.78, 5) is 16.5. The third-order valence-electron chi connectivity index (χ3n) is 3.50. The number of allylic oxidation sites excluding steroid dienone is 1. The normalized spacial score (nSPS) is 21.4. The number of carbonyl (C=O) groups is 1. The van der Waals surface area contributed by atoms with Crippen LogP contribution in [-0.4, -0.2) is 10.8 Å². The summed E-state index contributed by atoms with van der Waals surface area (Å²) in [5.74, 6) is 0.506. The molecular formula is C18H15NO2. The number of nitrogens with zero attached hydrogens (tertiary/aromatic N) is 1. The van der Waals surface area contributed by atoms with Gasteiger partial charge in [-0.15, -0.1) is 0 Å². The van der Waals surface area contributed by atoms with Gasteiger partial charge in [0, 0.05) is 17.8 Å². The van der Waals surface area contributed by atoms with Crippen molar-refractivity contribution >= 4 is 11.9 Å². The van der Waals surface area contributed by atoms with Crippen molar-refractivity contribution in [3.8, 4) is 0 Å². The second-order valence-corrected chi connectivity index (χ2v) is 5.00. The molecule has 3 rings (SSSR count). The summed E-state index contributed by atoms with van der Waals surface area (Å²) in [5.41, 5.74) is 0.737. The molecule has 0 saturated heterocycles. The fourth-order valence-electron chi connectivity index (χ4n) is 2.26. The van der Waals surface area contributed by atoms with Crippen molar-refractivity contribution in [3.63, 3.8) is 0 Å². The highest BCUT2D eigenvalue weighted by Gasteiger charge is 2.40. The van der Waals surface area contributed by atoms with Crippen molar-refractivity contribution < 1.29 is 9.53 Å². The number of rotatable bonds is 3. The van der Waals surface area contributed by atoms with Crippen molar-refractivity contribution in [2.75, 3.05) is 0 Å². The lowest BCUT2D eigenvalue weighted by atomic mass is 9.92. The van der Waals surface area contributed by atoms with E-state index in [0.717, 1.165) is 11.3 Å². The van der Waals surface area contributed by atoms with E-state index in [1.165, 1.54) is 6.08 Å². The zero-order valence-electron chi connectivity index (χ0n) is 11.7. The van der Waals surface area contributed by atoms with Gasteiger partial charge in [0.1, 0.15) is 5.76 Å². The zero-order chi connectivity index (χ0) is 14.7. The fourth-order valence-corrected chi connectivity index (χ4v) is 2.26. The van der Waals surface area contributed by atoms with Gasteiger partial charge >= 0.3 is 0 Å². The van der Waals surface area contributed by atoms with Crippen LogP contribution in [0.5, 0.6) is 0 Å². The molecule has 104 valence electrons. The smallest absolute Gasteiger partial charge is 0.207 e. The lowest BCUT2D eigenvalue weighted by molar-refractivity contribution is -0.129. The van der Waals surface area contributed by atoms with Crippen molar-refractivity contribution in [2.45, 2.75) is 12.5 Å². The van der Waals surface area contributed by atoms with Crippen molar-refractivity contribution in [3.05, 3.63) is 83.9 Å². The average Bonchev–Trinajstić information content (AvgIpc) is 2.83. The van der Waals surface area contributed by atoms with Gasteiger partial charge in [-0.1, -0.05) is 36.4 Å². The number of aromatic nitrogens is 1. The highest BCUT2D eigenvalue weighted by Crippen LogP contribution is 2.35. The Kier molecular flexibility index (Phi) is 3.40. The predicted molar refractivity (Wildman–Crippen MR) is 81.2 cm³/mol. The van der Waals surface area contributed by atoms with Crippen LogP contribution >= 0.6 is 0 Å². The summed E-state index contributed by atoms with van der Waals surface area (Å²) in [6.07, 6.45) is 6.86. The first-order valence-electron chi connectivity index (χ1n) is 6.78. The molecule has 1 unspecified atom stereocenters. The van der Waals surface area contributed by atoms with E-state index in [-0.39, 0.29) is 5.78 Å². The third kappa shape index (κ3) is 2.63. The van der Waals surface area contributed by atoms with Gasteiger partial charge in [-0.3, -0.25) is 9.78 Å². The fraction of sp³-hybridized carbons (Fsp3) is 0.111. The molecule has 21 heavy (non-hydrogen) atoms. The summed E-state index contributed by atoms with van der Waals surface area (Å²) in [6.45, 7) is 1.79. The van der Waals surface area contributed by atoms with E-state index in [1.54, 1.807) is 19.2 Å². The summed E-state index contributed by atoms with van der Waals surface area (Å²) < 4.78 is 5.87. The molecule has 3 heteroatoms. The van der Waals surface area contributed by atoms with Crippen LogP contribution in [0.2, 0.25) is 0 Å². The molecule has 1 aliphatic rings. The topological polar surface area (TPSA) is 39.2 Å². The lowest BCUT2D eigenvalue weighted by Gasteiger charge is -2.23. The summed E-state index contributed by atoms with van der Waals surface area (Å²) >= 11 is 0. The molecule has 0 N–H and O–H groups in total. The molecule has 1 aromatic heterocycles. The summed E-state index contributed by atoms with van der Waals surface area (Å²) in [5, 5.41) is 0. The Morgan fingerprint density at radius 3 is 2.52 bits per heavy atom. The molecule has 3 nitrogen and oxygen atoms in total. The van der Waals surface area contributed by atoms with Crippen molar-refractivity contribution in [1.82, 2.24) is 4.98 Å². The standard InChI is InChI=1S/C18H15NO2/c1-18(14-7-3-2-4-8-14)17(20)13-16(21-18)11-10-15-9-5-6-12-19-15/h2-13H,1H3. The molecule has 1 atom stereocenters. The minimum absolute atomic E-state index is 0.0469. The second-order valence-electron chi connectivity index (χ2n) is 5.00. The van der Waals surface area contributed by atoms with Gasteiger partial charge in [0.25, 0.3) is 0 Å². The molecule has 0 saturated carbocycles. The Labute approximate surface area is 123 Å². The largest absolute Gasteiger partial charge is 0.475 e. The third-order valence-corrected chi connectivity index (χ3v) is 3.50. The quantitative estimate of drug-likeness (QED) is 0.862. The van der Waals surface area contributed by atoms with Gasteiger partial charge in [0.15, 0.2) is 5.60 Å². The van der Waals surface area contributed by atoms with Crippen molar-refractivity contribution in [2.24, 2.45) is 0 Å². The van der Waals surface area contributed by atoms with Gasteiger partial charge in [0.05, 0.1) is 5.69 Å². The highest BCUT2D eigenvalue weighted by molar-refractivity contribution is 6.00. The number of hydrogen-bond donors (Lipinski definition) is 0. The Morgan fingerprint density at radius 2 is 1.81 bits per heavy atom. The average molecular weight is 277 g/mol. The van der Waals surface area contributed by atoms with Gasteiger partial charge in [-0.25, -0.2) is 0 Å². The van der Waals surface area contributed by atoms with E-state index in [4.69, 9.17) is 4.74 Å². The monoisotopic (exact) mass is 277 g/mol.